The lowest BCUT2D eigenvalue weighted by Gasteiger charge is -2.09. The summed E-state index contributed by atoms with van der Waals surface area (Å²) in [5, 5.41) is 9.03. The van der Waals surface area contributed by atoms with Crippen LogP contribution in [0.15, 0.2) is 35.3 Å². The zero-order valence-corrected chi connectivity index (χ0v) is 14.2. The first-order chi connectivity index (χ1) is 12.0. The molecule has 1 aromatic carbocycles. The highest BCUT2D eigenvalue weighted by Crippen LogP contribution is 2.31. The fourth-order valence-corrected chi connectivity index (χ4v) is 3.16. The molecule has 0 unspecified atom stereocenters. The Morgan fingerprint density at radius 2 is 2.08 bits per heavy atom. The molecule has 2 aromatic heterocycles. The Hall–Kier alpha value is -3.13. The van der Waals surface area contributed by atoms with Crippen LogP contribution in [0.2, 0.25) is 0 Å². The molecule has 0 fully saturated rings. The van der Waals surface area contributed by atoms with Crippen LogP contribution in [0.5, 0.6) is 11.5 Å². The summed E-state index contributed by atoms with van der Waals surface area (Å²) in [5.41, 5.74) is 0.848. The molecule has 7 nitrogen and oxygen atoms in total. The van der Waals surface area contributed by atoms with Crippen LogP contribution in [0.3, 0.4) is 0 Å². The van der Waals surface area contributed by atoms with Gasteiger partial charge in [0, 0.05) is 17.8 Å². The van der Waals surface area contributed by atoms with Gasteiger partial charge < -0.3 is 14.6 Å². The Kier molecular flexibility index (Phi) is 4.53. The Morgan fingerprint density at radius 1 is 1.28 bits per heavy atom. The molecule has 0 aliphatic heterocycles. The van der Waals surface area contributed by atoms with Crippen LogP contribution in [0.25, 0.3) is 17.1 Å². The minimum Gasteiger partial charge on any atom is -0.493 e. The number of thiazole rings is 1. The average molecular weight is 358 g/mol. The lowest BCUT2D eigenvalue weighted by Crippen LogP contribution is -2.11. The number of hydrogen-bond donors (Lipinski definition) is 1. The lowest BCUT2D eigenvalue weighted by atomic mass is 10.1. The van der Waals surface area contributed by atoms with Gasteiger partial charge in [-0.2, -0.15) is 0 Å². The fraction of sp³-hybridized carbons (Fsp3) is 0.118. The molecule has 128 valence electrons. The maximum atomic E-state index is 12.1. The van der Waals surface area contributed by atoms with Gasteiger partial charge in [-0.3, -0.25) is 9.20 Å². The highest BCUT2D eigenvalue weighted by molar-refractivity contribution is 7.18. The van der Waals surface area contributed by atoms with Gasteiger partial charge in [0.05, 0.1) is 19.9 Å². The van der Waals surface area contributed by atoms with E-state index >= 15 is 0 Å². The molecule has 0 saturated carbocycles. The first-order valence-electron chi connectivity index (χ1n) is 7.19. The molecule has 0 atom stereocenters. The van der Waals surface area contributed by atoms with Crippen LogP contribution in [-0.2, 0) is 0 Å². The molecule has 0 spiro atoms. The molecule has 25 heavy (non-hydrogen) atoms. The summed E-state index contributed by atoms with van der Waals surface area (Å²) in [5.74, 6) is 0.0777. The van der Waals surface area contributed by atoms with Gasteiger partial charge in [0.2, 0.25) is 0 Å². The van der Waals surface area contributed by atoms with E-state index < -0.39 is 5.97 Å². The minimum atomic E-state index is -1.09. The van der Waals surface area contributed by atoms with E-state index in [1.165, 1.54) is 16.7 Å². The molecule has 0 bridgehead atoms. The van der Waals surface area contributed by atoms with Crippen molar-refractivity contribution >= 4 is 34.4 Å². The quantitative estimate of drug-likeness (QED) is 0.754. The van der Waals surface area contributed by atoms with Crippen molar-refractivity contribution in [1.29, 1.82) is 0 Å². The van der Waals surface area contributed by atoms with E-state index in [1.54, 1.807) is 32.4 Å². The van der Waals surface area contributed by atoms with Gasteiger partial charge in [-0.05, 0) is 18.2 Å². The van der Waals surface area contributed by atoms with Crippen LogP contribution in [0.4, 0.5) is 0 Å². The van der Waals surface area contributed by atoms with E-state index in [1.807, 2.05) is 12.1 Å². The van der Waals surface area contributed by atoms with Gasteiger partial charge in [0.25, 0.3) is 5.56 Å². The summed E-state index contributed by atoms with van der Waals surface area (Å²) in [6, 6.07) is 6.79. The van der Waals surface area contributed by atoms with Gasteiger partial charge in [-0.25, -0.2) is 9.78 Å². The predicted octanol–water partition coefficient (Wildman–Crippen LogP) is 2.64. The Bertz CT molecular complexity index is 1040. The molecule has 0 aliphatic rings. The summed E-state index contributed by atoms with van der Waals surface area (Å²) in [7, 11) is 3.10. The molecule has 0 aliphatic carbocycles. The van der Waals surface area contributed by atoms with Crippen molar-refractivity contribution in [2.24, 2.45) is 0 Å². The summed E-state index contributed by atoms with van der Waals surface area (Å²) in [4.78, 5) is 27.9. The second kappa shape index (κ2) is 6.78. The number of nitrogens with zero attached hydrogens (tertiary/aromatic N) is 2. The van der Waals surface area contributed by atoms with Crippen LogP contribution in [0.1, 0.15) is 20.9 Å². The first kappa shape index (κ1) is 16.7. The number of para-hydroxylation sites is 1. The monoisotopic (exact) mass is 358 g/mol. The zero-order chi connectivity index (χ0) is 18.0. The van der Waals surface area contributed by atoms with Crippen molar-refractivity contribution < 1.29 is 19.4 Å². The highest BCUT2D eigenvalue weighted by Gasteiger charge is 2.11. The first-order valence-corrected chi connectivity index (χ1v) is 8.00. The van der Waals surface area contributed by atoms with Gasteiger partial charge in [0.1, 0.15) is 4.88 Å². The topological polar surface area (TPSA) is 90.1 Å². The molecule has 0 amide bonds. The summed E-state index contributed by atoms with van der Waals surface area (Å²) < 4.78 is 11.8. The number of carbonyl (C=O) groups is 1. The maximum Gasteiger partial charge on any atom is 0.347 e. The number of fused-ring (bicyclic) bond motifs is 1. The van der Waals surface area contributed by atoms with Crippen LogP contribution < -0.4 is 15.0 Å². The van der Waals surface area contributed by atoms with Crippen molar-refractivity contribution in [3.63, 3.8) is 0 Å². The average Bonchev–Trinajstić information content (AvgIpc) is 3.04. The third-order valence-corrected chi connectivity index (χ3v) is 4.44. The molecule has 3 rings (SSSR count). The molecule has 0 saturated heterocycles. The third kappa shape index (κ3) is 3.24. The smallest absolute Gasteiger partial charge is 0.347 e. The Balaban J connectivity index is 2.02. The number of carboxylic acid groups (broad SMARTS) is 1. The molecule has 1 N–H and O–H groups in total. The summed E-state index contributed by atoms with van der Waals surface area (Å²) >= 11 is 0.943. The van der Waals surface area contributed by atoms with Gasteiger partial charge in [-0.15, -0.1) is 0 Å². The van der Waals surface area contributed by atoms with Crippen LogP contribution in [0, 0.1) is 0 Å². The number of benzene rings is 1. The maximum absolute atomic E-state index is 12.1. The van der Waals surface area contributed by atoms with Crippen molar-refractivity contribution in [2.45, 2.75) is 0 Å². The van der Waals surface area contributed by atoms with Gasteiger partial charge in [-0.1, -0.05) is 23.5 Å². The normalized spacial score (nSPS) is 11.1. The summed E-state index contributed by atoms with van der Waals surface area (Å²) in [6.45, 7) is 0. The van der Waals surface area contributed by atoms with E-state index in [2.05, 4.69) is 4.98 Å². The Morgan fingerprint density at radius 3 is 2.76 bits per heavy atom. The summed E-state index contributed by atoms with van der Waals surface area (Å²) in [6.07, 6.45) is 4.69. The second-order valence-electron chi connectivity index (χ2n) is 4.99. The zero-order valence-electron chi connectivity index (χ0n) is 13.4. The van der Waals surface area contributed by atoms with Crippen molar-refractivity contribution in [3.05, 3.63) is 57.0 Å². The van der Waals surface area contributed by atoms with Crippen LogP contribution >= 0.6 is 11.3 Å². The molecule has 2 heterocycles. The fourth-order valence-electron chi connectivity index (χ4n) is 2.32. The number of rotatable bonds is 5. The number of carboxylic acids is 1. The highest BCUT2D eigenvalue weighted by atomic mass is 32.1. The van der Waals surface area contributed by atoms with Crippen molar-refractivity contribution in [3.8, 4) is 11.5 Å². The molecule has 3 aromatic rings. The largest absolute Gasteiger partial charge is 0.493 e. The number of hydrogen-bond acceptors (Lipinski definition) is 6. The van der Waals surface area contributed by atoms with Crippen LogP contribution in [-0.4, -0.2) is 34.7 Å². The van der Waals surface area contributed by atoms with E-state index in [0.29, 0.717) is 22.2 Å². The number of ether oxygens (including phenoxy) is 2. The minimum absolute atomic E-state index is 0.0557. The molecular weight excluding hydrogens is 344 g/mol. The number of aromatic carboxylic acids is 1. The van der Waals surface area contributed by atoms with Crippen molar-refractivity contribution in [2.75, 3.05) is 14.2 Å². The number of aromatic nitrogens is 2. The van der Waals surface area contributed by atoms with E-state index in [4.69, 9.17) is 14.6 Å². The standard InChI is InChI=1S/C17H14N2O5S/c1-23-12-5-3-4-10(15(12)24-2)6-7-11-8-14(20)19-9-13(16(21)22)25-17(19)18-11/h3-9H,1-2H3,(H,21,22)/b7-6+. The van der Waals surface area contributed by atoms with Crippen molar-refractivity contribution in [1.82, 2.24) is 9.38 Å². The predicted molar refractivity (Wildman–Crippen MR) is 94.8 cm³/mol. The Labute approximate surface area is 146 Å². The van der Waals surface area contributed by atoms with E-state index in [9.17, 15) is 9.59 Å². The second-order valence-corrected chi connectivity index (χ2v) is 6.00. The molecule has 8 heteroatoms. The third-order valence-electron chi connectivity index (χ3n) is 3.47. The van der Waals surface area contributed by atoms with E-state index in [0.717, 1.165) is 16.9 Å². The van der Waals surface area contributed by atoms with Gasteiger partial charge >= 0.3 is 5.97 Å². The number of methoxy groups -OCH3 is 2. The van der Waals surface area contributed by atoms with E-state index in [-0.39, 0.29) is 10.4 Å². The SMILES string of the molecule is COc1cccc(/C=C/c2cc(=O)n3cc(C(=O)O)sc3n2)c1OC. The lowest BCUT2D eigenvalue weighted by molar-refractivity contribution is 0.0701. The van der Waals surface area contributed by atoms with Gasteiger partial charge in [0.15, 0.2) is 16.5 Å². The molecule has 0 radical (unpaired) electrons. The molecular formula is C17H14N2O5S.